The maximum Gasteiger partial charge on any atom is 0.162 e. The molecule has 0 unspecified atom stereocenters. The van der Waals surface area contributed by atoms with Crippen LogP contribution in [-0.4, -0.2) is 10.3 Å². The summed E-state index contributed by atoms with van der Waals surface area (Å²) in [5.41, 5.74) is 6.84. The lowest BCUT2D eigenvalue weighted by atomic mass is 9.92. The Hall–Kier alpha value is -1.61. The molecule has 0 radical (unpaired) electrons. The molecule has 0 spiro atoms. The van der Waals surface area contributed by atoms with Crippen LogP contribution in [0.25, 0.3) is 11.3 Å². The summed E-state index contributed by atoms with van der Waals surface area (Å²) >= 11 is 0. The average Bonchev–Trinajstić information content (AvgIpc) is 2.75. The molecule has 0 fully saturated rings. The van der Waals surface area contributed by atoms with Crippen LogP contribution in [0.2, 0.25) is 0 Å². The molecule has 3 nitrogen and oxygen atoms in total. The molecule has 0 aliphatic carbocycles. The number of rotatable bonds is 2. The van der Waals surface area contributed by atoms with Gasteiger partial charge in [-0.1, -0.05) is 11.2 Å². The Morgan fingerprint density at radius 1 is 1.06 bits per heavy atom. The normalized spacial score (nSPS) is 10.9. The van der Waals surface area contributed by atoms with Crippen LogP contribution in [-0.2, 0) is 6.61 Å². The van der Waals surface area contributed by atoms with Crippen LogP contribution >= 0.6 is 0 Å². The lowest BCUT2D eigenvalue weighted by molar-refractivity contribution is 0.229. The van der Waals surface area contributed by atoms with Crippen molar-refractivity contribution in [2.24, 2.45) is 0 Å². The first-order chi connectivity index (χ1) is 8.04. The van der Waals surface area contributed by atoms with Crippen LogP contribution in [0.5, 0.6) is 0 Å². The molecule has 0 saturated carbocycles. The lowest BCUT2D eigenvalue weighted by Gasteiger charge is -2.12. The third kappa shape index (κ3) is 1.98. The molecule has 1 N–H and O–H groups in total. The van der Waals surface area contributed by atoms with Gasteiger partial charge in [-0.05, 0) is 49.9 Å². The number of nitrogens with zero attached hydrogens (tertiary/aromatic N) is 1. The van der Waals surface area contributed by atoms with Crippen LogP contribution in [0, 0.1) is 27.7 Å². The minimum atomic E-state index is -0.115. The van der Waals surface area contributed by atoms with Crippen molar-refractivity contribution in [3.8, 4) is 11.3 Å². The van der Waals surface area contributed by atoms with Gasteiger partial charge in [-0.2, -0.15) is 0 Å². The molecule has 2 aromatic rings. The summed E-state index contributed by atoms with van der Waals surface area (Å²) in [5, 5.41) is 13.0. The summed E-state index contributed by atoms with van der Waals surface area (Å²) in [5.74, 6) is 0.498. The van der Waals surface area contributed by atoms with Gasteiger partial charge in [-0.3, -0.25) is 0 Å². The maximum absolute atomic E-state index is 9.01. The minimum absolute atomic E-state index is 0.115. The number of hydrogen-bond acceptors (Lipinski definition) is 3. The van der Waals surface area contributed by atoms with Crippen molar-refractivity contribution in [1.29, 1.82) is 0 Å². The van der Waals surface area contributed by atoms with Gasteiger partial charge in [0.1, 0.15) is 12.3 Å². The van der Waals surface area contributed by atoms with Crippen LogP contribution in [0.4, 0.5) is 0 Å². The van der Waals surface area contributed by atoms with Crippen LogP contribution in [0.1, 0.15) is 28.0 Å². The van der Waals surface area contributed by atoms with Gasteiger partial charge < -0.3 is 9.63 Å². The van der Waals surface area contributed by atoms with E-state index < -0.39 is 0 Å². The highest BCUT2D eigenvalue weighted by atomic mass is 16.5. The zero-order valence-electron chi connectivity index (χ0n) is 10.7. The van der Waals surface area contributed by atoms with Crippen LogP contribution in [0.3, 0.4) is 0 Å². The fraction of sp³-hybridized carbons (Fsp3) is 0.357. The highest BCUT2D eigenvalue weighted by molar-refractivity contribution is 5.70. The average molecular weight is 231 g/mol. The van der Waals surface area contributed by atoms with Crippen molar-refractivity contribution in [3.05, 3.63) is 40.1 Å². The number of aliphatic hydroxyl groups is 1. The van der Waals surface area contributed by atoms with Gasteiger partial charge in [0.2, 0.25) is 0 Å². The van der Waals surface area contributed by atoms with E-state index in [1.54, 1.807) is 6.07 Å². The predicted molar refractivity (Wildman–Crippen MR) is 66.8 cm³/mol. The number of aryl methyl sites for hydroxylation is 2. The summed E-state index contributed by atoms with van der Waals surface area (Å²) in [6, 6.07) is 3.98. The van der Waals surface area contributed by atoms with Crippen molar-refractivity contribution < 1.29 is 9.63 Å². The monoisotopic (exact) mass is 231 g/mol. The Kier molecular flexibility index (Phi) is 3.03. The summed E-state index contributed by atoms with van der Waals surface area (Å²) < 4.78 is 5.06. The second kappa shape index (κ2) is 4.34. The smallest absolute Gasteiger partial charge is 0.162 e. The Morgan fingerprint density at radius 2 is 1.65 bits per heavy atom. The first-order valence-electron chi connectivity index (χ1n) is 5.68. The van der Waals surface area contributed by atoms with Crippen molar-refractivity contribution in [2.75, 3.05) is 0 Å². The molecule has 3 heteroatoms. The minimum Gasteiger partial charge on any atom is -0.388 e. The molecular formula is C14H17NO2. The number of aliphatic hydroxyl groups excluding tert-OH is 1. The molecule has 1 aromatic carbocycles. The Morgan fingerprint density at radius 3 is 2.12 bits per heavy atom. The highest BCUT2D eigenvalue weighted by Gasteiger charge is 2.14. The van der Waals surface area contributed by atoms with Crippen LogP contribution < -0.4 is 0 Å². The van der Waals surface area contributed by atoms with Gasteiger partial charge >= 0.3 is 0 Å². The number of benzene rings is 1. The van der Waals surface area contributed by atoms with Crippen molar-refractivity contribution in [1.82, 2.24) is 5.16 Å². The van der Waals surface area contributed by atoms with Crippen molar-refractivity contribution in [3.63, 3.8) is 0 Å². The van der Waals surface area contributed by atoms with E-state index in [1.165, 1.54) is 22.3 Å². The summed E-state index contributed by atoms with van der Waals surface area (Å²) in [6.07, 6.45) is 0. The zero-order chi connectivity index (χ0) is 12.6. The molecule has 0 bridgehead atoms. The molecule has 2 rings (SSSR count). The lowest BCUT2D eigenvalue weighted by Crippen LogP contribution is -1.95. The van der Waals surface area contributed by atoms with E-state index >= 15 is 0 Å². The van der Waals surface area contributed by atoms with Gasteiger partial charge in [0.15, 0.2) is 5.76 Å². The van der Waals surface area contributed by atoms with E-state index in [4.69, 9.17) is 9.63 Å². The second-order valence-corrected chi connectivity index (χ2v) is 4.47. The van der Waals surface area contributed by atoms with E-state index in [2.05, 4.69) is 38.9 Å². The molecule has 90 valence electrons. The molecule has 1 heterocycles. The van der Waals surface area contributed by atoms with Gasteiger partial charge in [0.25, 0.3) is 0 Å². The van der Waals surface area contributed by atoms with Gasteiger partial charge in [-0.15, -0.1) is 0 Å². The third-order valence-electron chi connectivity index (χ3n) is 3.34. The fourth-order valence-electron chi connectivity index (χ4n) is 2.11. The van der Waals surface area contributed by atoms with Crippen molar-refractivity contribution in [2.45, 2.75) is 34.3 Å². The predicted octanol–water partition coefficient (Wildman–Crippen LogP) is 3.07. The van der Waals surface area contributed by atoms with Gasteiger partial charge in [0, 0.05) is 11.6 Å². The molecule has 0 aliphatic heterocycles. The first-order valence-corrected chi connectivity index (χ1v) is 5.68. The number of hydrogen-bond donors (Lipinski definition) is 1. The van der Waals surface area contributed by atoms with Crippen molar-refractivity contribution >= 4 is 0 Å². The van der Waals surface area contributed by atoms with Crippen LogP contribution in [0.15, 0.2) is 16.7 Å². The highest BCUT2D eigenvalue weighted by Crippen LogP contribution is 2.31. The quantitative estimate of drug-likeness (QED) is 0.864. The summed E-state index contributed by atoms with van der Waals surface area (Å²) in [4.78, 5) is 0. The standard InChI is InChI=1S/C14H17NO2/c1-8-5-9(2)11(4)14(10(8)3)13-6-12(7-16)17-15-13/h5-6,16H,7H2,1-4H3. The largest absolute Gasteiger partial charge is 0.388 e. The van der Waals surface area contributed by atoms with Gasteiger partial charge in [0.05, 0.1) is 0 Å². The summed E-state index contributed by atoms with van der Waals surface area (Å²) in [6.45, 7) is 8.25. The van der Waals surface area contributed by atoms with E-state index in [-0.39, 0.29) is 6.61 Å². The zero-order valence-corrected chi connectivity index (χ0v) is 10.7. The summed E-state index contributed by atoms with van der Waals surface area (Å²) in [7, 11) is 0. The fourth-order valence-corrected chi connectivity index (χ4v) is 2.11. The third-order valence-corrected chi connectivity index (χ3v) is 3.34. The van der Waals surface area contributed by atoms with E-state index in [9.17, 15) is 0 Å². The van der Waals surface area contributed by atoms with E-state index in [0.29, 0.717) is 5.76 Å². The molecular weight excluding hydrogens is 214 g/mol. The van der Waals surface area contributed by atoms with Gasteiger partial charge in [-0.25, -0.2) is 0 Å². The molecule has 1 aromatic heterocycles. The number of aromatic nitrogens is 1. The molecule has 0 atom stereocenters. The SMILES string of the molecule is Cc1cc(C)c(C)c(-c2cc(CO)on2)c1C. The molecule has 0 aliphatic rings. The van der Waals surface area contributed by atoms with E-state index in [0.717, 1.165) is 11.3 Å². The molecule has 0 amide bonds. The first kappa shape index (κ1) is 11.9. The Labute approximate surface area is 101 Å². The van der Waals surface area contributed by atoms with E-state index in [1.807, 2.05) is 0 Å². The topological polar surface area (TPSA) is 46.3 Å². The Bertz CT molecular complexity index is 529. The Balaban J connectivity index is 2.65. The second-order valence-electron chi connectivity index (χ2n) is 4.47. The molecule has 0 saturated heterocycles. The maximum atomic E-state index is 9.01. The molecule has 17 heavy (non-hydrogen) atoms.